The Balaban J connectivity index is 1.94. The van der Waals surface area contributed by atoms with Crippen LogP contribution in [-0.4, -0.2) is 24.3 Å². The van der Waals surface area contributed by atoms with Crippen molar-refractivity contribution in [3.05, 3.63) is 29.1 Å². The van der Waals surface area contributed by atoms with E-state index in [1.165, 1.54) is 6.07 Å². The summed E-state index contributed by atoms with van der Waals surface area (Å²) in [6.07, 6.45) is 2.64. The number of benzene rings is 1. The molecule has 100 valence electrons. The van der Waals surface area contributed by atoms with Gasteiger partial charge in [-0.15, -0.1) is 0 Å². The fraction of sp³-hybridized carbons (Fsp3) is 0.429. The summed E-state index contributed by atoms with van der Waals surface area (Å²) in [4.78, 5) is 23.5. The van der Waals surface area contributed by atoms with Gasteiger partial charge in [0.05, 0.1) is 11.6 Å². The first-order valence-corrected chi connectivity index (χ1v) is 6.55. The molecule has 19 heavy (non-hydrogen) atoms. The Morgan fingerprint density at radius 2 is 2.16 bits per heavy atom. The number of hydrogen-bond donors (Lipinski definition) is 2. The van der Waals surface area contributed by atoms with E-state index in [1.54, 1.807) is 6.07 Å². The Hall–Kier alpha value is -1.75. The zero-order valence-corrected chi connectivity index (χ0v) is 10.5. The number of Topliss-reactive ketones (excluding diaryl/α,β-unsaturated/α-hetero) is 1. The second-order valence-corrected chi connectivity index (χ2v) is 5.05. The highest BCUT2D eigenvalue weighted by molar-refractivity contribution is 6.02. The number of amides is 1. The number of carbonyl (C=O) groups is 2. The van der Waals surface area contributed by atoms with E-state index in [9.17, 15) is 14.0 Å². The van der Waals surface area contributed by atoms with Crippen LogP contribution in [0.2, 0.25) is 0 Å². The van der Waals surface area contributed by atoms with Crippen molar-refractivity contribution in [2.75, 3.05) is 11.9 Å². The number of aryl methyl sites for hydroxylation is 1. The van der Waals surface area contributed by atoms with E-state index in [4.69, 9.17) is 0 Å². The minimum absolute atomic E-state index is 0.108. The van der Waals surface area contributed by atoms with Crippen molar-refractivity contribution in [1.82, 2.24) is 5.32 Å². The zero-order chi connectivity index (χ0) is 13.4. The molecule has 1 aromatic rings. The summed E-state index contributed by atoms with van der Waals surface area (Å²) >= 11 is 0. The normalized spacial score (nSPS) is 21.9. The molecular formula is C14H15FN2O2. The molecule has 1 fully saturated rings. The number of fused-ring (bicyclic) bond motifs is 1. The van der Waals surface area contributed by atoms with Crippen molar-refractivity contribution < 1.29 is 14.0 Å². The first-order chi connectivity index (χ1) is 9.15. The summed E-state index contributed by atoms with van der Waals surface area (Å²) in [6, 6.07) is 2.58. The van der Waals surface area contributed by atoms with Gasteiger partial charge in [0.2, 0.25) is 5.91 Å². The van der Waals surface area contributed by atoms with Gasteiger partial charge in [0, 0.05) is 12.1 Å². The summed E-state index contributed by atoms with van der Waals surface area (Å²) in [6.45, 7) is 0.805. The topological polar surface area (TPSA) is 58.2 Å². The van der Waals surface area contributed by atoms with Crippen LogP contribution in [0, 0.1) is 5.82 Å². The maximum absolute atomic E-state index is 14.0. The third-order valence-electron chi connectivity index (χ3n) is 3.73. The second-order valence-electron chi connectivity index (χ2n) is 5.05. The van der Waals surface area contributed by atoms with E-state index in [1.807, 2.05) is 0 Å². The third-order valence-corrected chi connectivity index (χ3v) is 3.73. The van der Waals surface area contributed by atoms with Gasteiger partial charge in [0.25, 0.3) is 0 Å². The molecule has 2 N–H and O–H groups in total. The Labute approximate surface area is 110 Å². The molecule has 0 aromatic heterocycles. The molecule has 4 nitrogen and oxygen atoms in total. The lowest BCUT2D eigenvalue weighted by molar-refractivity contribution is -0.116. The van der Waals surface area contributed by atoms with Gasteiger partial charge in [0.15, 0.2) is 5.78 Å². The highest BCUT2D eigenvalue weighted by Crippen LogP contribution is 2.27. The summed E-state index contributed by atoms with van der Waals surface area (Å²) < 4.78 is 14.0. The number of anilines is 1. The SMILES string of the molecule is O=C1CCc2cc(C(=O)C3CCCN3)c(F)cc2N1. The minimum atomic E-state index is -0.556. The molecule has 1 aromatic carbocycles. The fourth-order valence-electron chi connectivity index (χ4n) is 2.69. The predicted octanol–water partition coefficient (Wildman–Crippen LogP) is 1.65. The molecule has 1 saturated heterocycles. The molecule has 1 atom stereocenters. The molecule has 1 unspecified atom stereocenters. The van der Waals surface area contributed by atoms with Gasteiger partial charge >= 0.3 is 0 Å². The lowest BCUT2D eigenvalue weighted by atomic mass is 9.95. The van der Waals surface area contributed by atoms with Crippen molar-refractivity contribution in [2.24, 2.45) is 0 Å². The molecule has 1 amide bonds. The second kappa shape index (κ2) is 4.74. The Morgan fingerprint density at radius 1 is 1.32 bits per heavy atom. The molecule has 0 radical (unpaired) electrons. The standard InChI is InChI=1S/C14H15FN2O2/c15-10-7-12-8(3-4-13(18)17-12)6-9(10)14(19)11-2-1-5-16-11/h6-7,11,16H,1-5H2,(H,17,18). The van der Waals surface area contributed by atoms with Gasteiger partial charge in [-0.05, 0) is 43.5 Å². The van der Waals surface area contributed by atoms with Crippen LogP contribution in [0.3, 0.4) is 0 Å². The number of halogens is 1. The first kappa shape index (κ1) is 12.3. The Bertz CT molecular complexity index is 551. The average Bonchev–Trinajstić information content (AvgIpc) is 2.91. The maximum Gasteiger partial charge on any atom is 0.224 e. The molecular weight excluding hydrogens is 247 g/mol. The molecule has 5 heteroatoms. The molecule has 0 saturated carbocycles. The van der Waals surface area contributed by atoms with Crippen LogP contribution >= 0.6 is 0 Å². The lowest BCUT2D eigenvalue weighted by Crippen LogP contribution is -2.31. The zero-order valence-electron chi connectivity index (χ0n) is 10.5. The summed E-state index contributed by atoms with van der Waals surface area (Å²) in [7, 11) is 0. The highest BCUT2D eigenvalue weighted by atomic mass is 19.1. The number of rotatable bonds is 2. The molecule has 2 aliphatic rings. The van der Waals surface area contributed by atoms with E-state index >= 15 is 0 Å². The van der Waals surface area contributed by atoms with Crippen LogP contribution in [0.5, 0.6) is 0 Å². The molecule has 0 bridgehead atoms. The monoisotopic (exact) mass is 262 g/mol. The van der Waals surface area contributed by atoms with Crippen molar-refractivity contribution in [1.29, 1.82) is 0 Å². The number of nitrogens with one attached hydrogen (secondary N) is 2. The average molecular weight is 262 g/mol. The van der Waals surface area contributed by atoms with Crippen molar-refractivity contribution in [3.63, 3.8) is 0 Å². The van der Waals surface area contributed by atoms with Crippen LogP contribution in [0.1, 0.15) is 35.2 Å². The minimum Gasteiger partial charge on any atom is -0.326 e. The molecule has 0 aliphatic carbocycles. The van der Waals surface area contributed by atoms with Crippen molar-refractivity contribution >= 4 is 17.4 Å². The quantitative estimate of drug-likeness (QED) is 0.797. The summed E-state index contributed by atoms with van der Waals surface area (Å²) in [5.74, 6) is -0.849. The van der Waals surface area contributed by atoms with Crippen LogP contribution in [-0.2, 0) is 11.2 Å². The smallest absolute Gasteiger partial charge is 0.224 e. The van der Waals surface area contributed by atoms with Gasteiger partial charge in [-0.3, -0.25) is 9.59 Å². The van der Waals surface area contributed by atoms with E-state index in [0.717, 1.165) is 24.9 Å². The number of hydrogen-bond acceptors (Lipinski definition) is 3. The van der Waals surface area contributed by atoms with Gasteiger partial charge in [-0.2, -0.15) is 0 Å². The van der Waals surface area contributed by atoms with Gasteiger partial charge < -0.3 is 10.6 Å². The van der Waals surface area contributed by atoms with E-state index in [0.29, 0.717) is 18.5 Å². The maximum atomic E-state index is 14.0. The fourth-order valence-corrected chi connectivity index (χ4v) is 2.69. The van der Waals surface area contributed by atoms with E-state index < -0.39 is 5.82 Å². The number of ketones is 1. The van der Waals surface area contributed by atoms with Crippen LogP contribution in [0.25, 0.3) is 0 Å². The van der Waals surface area contributed by atoms with Gasteiger partial charge in [-0.25, -0.2) is 4.39 Å². The summed E-state index contributed by atoms with van der Waals surface area (Å²) in [5, 5.41) is 5.71. The van der Waals surface area contributed by atoms with Gasteiger partial charge in [-0.1, -0.05) is 0 Å². The highest BCUT2D eigenvalue weighted by Gasteiger charge is 2.27. The molecule has 2 aliphatic heterocycles. The Morgan fingerprint density at radius 3 is 2.89 bits per heavy atom. The van der Waals surface area contributed by atoms with E-state index in [2.05, 4.69) is 10.6 Å². The lowest BCUT2D eigenvalue weighted by Gasteiger charge is -2.19. The molecule has 0 spiro atoms. The van der Waals surface area contributed by atoms with Crippen LogP contribution in [0.4, 0.5) is 10.1 Å². The third kappa shape index (κ3) is 2.26. The summed E-state index contributed by atoms with van der Waals surface area (Å²) in [5.41, 5.74) is 1.46. The molecule has 3 rings (SSSR count). The van der Waals surface area contributed by atoms with E-state index in [-0.39, 0.29) is 23.3 Å². The molecule has 2 heterocycles. The number of carbonyl (C=O) groups excluding carboxylic acids is 2. The van der Waals surface area contributed by atoms with Crippen molar-refractivity contribution in [3.8, 4) is 0 Å². The predicted molar refractivity (Wildman–Crippen MR) is 68.7 cm³/mol. The Kier molecular flexibility index (Phi) is 3.06. The van der Waals surface area contributed by atoms with Crippen molar-refractivity contribution in [2.45, 2.75) is 31.7 Å². The van der Waals surface area contributed by atoms with Crippen LogP contribution < -0.4 is 10.6 Å². The van der Waals surface area contributed by atoms with Crippen LogP contribution in [0.15, 0.2) is 12.1 Å². The van der Waals surface area contributed by atoms with Gasteiger partial charge in [0.1, 0.15) is 5.82 Å². The first-order valence-electron chi connectivity index (χ1n) is 6.55. The largest absolute Gasteiger partial charge is 0.326 e.